The number of aliphatic imine (C=N–C) groups is 1. The lowest BCUT2D eigenvalue weighted by Gasteiger charge is -2.19. The third kappa shape index (κ3) is 7.67. The summed E-state index contributed by atoms with van der Waals surface area (Å²) in [5, 5.41) is 6.77. The highest BCUT2D eigenvalue weighted by molar-refractivity contribution is 5.79. The maximum atomic E-state index is 12.7. The molecule has 8 heteroatoms. The van der Waals surface area contributed by atoms with Gasteiger partial charge in [-0.3, -0.25) is 9.89 Å². The highest BCUT2D eigenvalue weighted by Gasteiger charge is 2.30. The number of nitrogens with one attached hydrogen (secondary N) is 2. The van der Waals surface area contributed by atoms with Gasteiger partial charge in [-0.15, -0.1) is 0 Å². The summed E-state index contributed by atoms with van der Waals surface area (Å²) in [6, 6.07) is 5.72. The number of hydrogen-bond acceptors (Lipinski definition) is 3. The van der Waals surface area contributed by atoms with Crippen molar-refractivity contribution < 1.29 is 17.9 Å². The van der Waals surface area contributed by atoms with Crippen molar-refractivity contribution >= 4 is 5.96 Å². The summed E-state index contributed by atoms with van der Waals surface area (Å²) in [7, 11) is 3.47. The lowest BCUT2D eigenvalue weighted by molar-refractivity contribution is -0.137. The Bertz CT molecular complexity index is 604. The molecular formula is C20H31F3N4O. The molecule has 1 heterocycles. The molecule has 5 nitrogen and oxygen atoms in total. The van der Waals surface area contributed by atoms with E-state index in [1.165, 1.54) is 0 Å². The highest BCUT2D eigenvalue weighted by Crippen LogP contribution is 2.29. The normalized spacial score (nSPS) is 18.5. The van der Waals surface area contributed by atoms with Gasteiger partial charge in [0.05, 0.1) is 5.56 Å². The minimum Gasteiger partial charge on any atom is -0.385 e. The predicted octanol–water partition coefficient (Wildman–Crippen LogP) is 3.26. The Morgan fingerprint density at radius 3 is 2.61 bits per heavy atom. The molecule has 1 aromatic carbocycles. The summed E-state index contributed by atoms with van der Waals surface area (Å²) in [5.41, 5.74) is 0.293. The number of unbranched alkanes of at least 4 members (excludes halogenated alkanes) is 2. The summed E-state index contributed by atoms with van der Waals surface area (Å²) in [6.45, 7) is 4.07. The van der Waals surface area contributed by atoms with Crippen molar-refractivity contribution in [2.75, 3.05) is 40.4 Å². The number of rotatable bonds is 9. The zero-order valence-electron chi connectivity index (χ0n) is 16.7. The van der Waals surface area contributed by atoms with Crippen LogP contribution in [0.4, 0.5) is 13.2 Å². The van der Waals surface area contributed by atoms with E-state index in [-0.39, 0.29) is 6.04 Å². The number of ether oxygens (including phenoxy) is 1. The topological polar surface area (TPSA) is 48.9 Å². The van der Waals surface area contributed by atoms with Crippen molar-refractivity contribution in [2.24, 2.45) is 4.99 Å². The number of guanidine groups is 1. The third-order valence-corrected chi connectivity index (χ3v) is 4.84. The van der Waals surface area contributed by atoms with E-state index in [0.717, 1.165) is 75.6 Å². The van der Waals surface area contributed by atoms with E-state index >= 15 is 0 Å². The molecule has 0 aliphatic carbocycles. The van der Waals surface area contributed by atoms with Crippen LogP contribution in [0.1, 0.15) is 36.8 Å². The van der Waals surface area contributed by atoms with Gasteiger partial charge in [-0.1, -0.05) is 12.1 Å². The van der Waals surface area contributed by atoms with Gasteiger partial charge in [0.1, 0.15) is 0 Å². The molecule has 1 saturated heterocycles. The van der Waals surface area contributed by atoms with E-state index in [9.17, 15) is 13.2 Å². The zero-order valence-corrected chi connectivity index (χ0v) is 16.7. The average molecular weight is 400 g/mol. The fourth-order valence-electron chi connectivity index (χ4n) is 3.29. The van der Waals surface area contributed by atoms with Crippen LogP contribution < -0.4 is 10.6 Å². The Labute approximate surface area is 165 Å². The Morgan fingerprint density at radius 2 is 1.96 bits per heavy atom. The van der Waals surface area contributed by atoms with Crippen LogP contribution in [-0.2, 0) is 17.5 Å². The molecule has 1 aromatic rings. The van der Waals surface area contributed by atoms with Crippen LogP contribution in [-0.4, -0.2) is 57.3 Å². The van der Waals surface area contributed by atoms with Crippen LogP contribution in [0.15, 0.2) is 29.3 Å². The number of nitrogens with zero attached hydrogens (tertiary/aromatic N) is 2. The molecule has 158 valence electrons. The molecule has 0 saturated carbocycles. The number of benzene rings is 1. The molecule has 0 radical (unpaired) electrons. The molecule has 1 aliphatic rings. The van der Waals surface area contributed by atoms with Crippen molar-refractivity contribution in [2.45, 2.75) is 44.4 Å². The van der Waals surface area contributed by atoms with Crippen molar-refractivity contribution in [1.29, 1.82) is 0 Å². The van der Waals surface area contributed by atoms with E-state index in [1.54, 1.807) is 26.3 Å². The molecule has 28 heavy (non-hydrogen) atoms. The van der Waals surface area contributed by atoms with Crippen molar-refractivity contribution in [3.63, 3.8) is 0 Å². The third-order valence-electron chi connectivity index (χ3n) is 4.84. The minimum absolute atomic E-state index is 0.286. The SMILES string of the molecule is CN=C(NCCCCCOC)NC1CCN(Cc2ccc(C(F)(F)F)cc2)C1. The molecule has 2 rings (SSSR count). The monoisotopic (exact) mass is 400 g/mol. The molecule has 1 fully saturated rings. The second-order valence-corrected chi connectivity index (χ2v) is 7.11. The van der Waals surface area contributed by atoms with Crippen LogP contribution >= 0.6 is 0 Å². The maximum absolute atomic E-state index is 12.7. The molecular weight excluding hydrogens is 369 g/mol. The van der Waals surface area contributed by atoms with Crippen LogP contribution in [0, 0.1) is 0 Å². The summed E-state index contributed by atoms with van der Waals surface area (Å²) >= 11 is 0. The molecule has 1 aliphatic heterocycles. The molecule has 0 spiro atoms. The van der Waals surface area contributed by atoms with Gasteiger partial charge in [-0.25, -0.2) is 0 Å². The van der Waals surface area contributed by atoms with Gasteiger partial charge < -0.3 is 15.4 Å². The number of likely N-dealkylation sites (tertiary alicyclic amines) is 1. The molecule has 1 atom stereocenters. The van der Waals surface area contributed by atoms with Crippen molar-refractivity contribution in [1.82, 2.24) is 15.5 Å². The van der Waals surface area contributed by atoms with Crippen LogP contribution in [0.2, 0.25) is 0 Å². The Hall–Kier alpha value is -1.80. The summed E-state index contributed by atoms with van der Waals surface area (Å²) < 4.78 is 43.0. The van der Waals surface area contributed by atoms with Gasteiger partial charge in [0, 0.05) is 53.0 Å². The zero-order chi connectivity index (χ0) is 20.4. The van der Waals surface area contributed by atoms with Gasteiger partial charge in [-0.05, 0) is 43.4 Å². The van der Waals surface area contributed by atoms with Gasteiger partial charge in [0.2, 0.25) is 0 Å². The first kappa shape index (κ1) is 22.5. The van der Waals surface area contributed by atoms with E-state index < -0.39 is 11.7 Å². The Kier molecular flexibility index (Phi) is 9.05. The standard InChI is InChI=1S/C20H31F3N4O/c1-24-19(25-11-4-3-5-13-28-2)26-18-10-12-27(15-18)14-16-6-8-17(9-7-16)20(21,22)23/h6-9,18H,3-5,10-15H2,1-2H3,(H2,24,25,26). The van der Waals surface area contributed by atoms with Gasteiger partial charge in [0.25, 0.3) is 0 Å². The van der Waals surface area contributed by atoms with Gasteiger partial charge in [0.15, 0.2) is 5.96 Å². The van der Waals surface area contributed by atoms with E-state index in [1.807, 2.05) is 0 Å². The fourth-order valence-corrected chi connectivity index (χ4v) is 3.29. The molecule has 0 amide bonds. The smallest absolute Gasteiger partial charge is 0.385 e. The lowest BCUT2D eigenvalue weighted by atomic mass is 10.1. The van der Waals surface area contributed by atoms with E-state index in [4.69, 9.17) is 4.74 Å². The fraction of sp³-hybridized carbons (Fsp3) is 0.650. The van der Waals surface area contributed by atoms with Crippen LogP contribution in [0.25, 0.3) is 0 Å². The highest BCUT2D eigenvalue weighted by atomic mass is 19.4. The molecule has 0 bridgehead atoms. The predicted molar refractivity (Wildman–Crippen MR) is 105 cm³/mol. The quantitative estimate of drug-likeness (QED) is 0.380. The Morgan fingerprint density at radius 1 is 1.21 bits per heavy atom. The van der Waals surface area contributed by atoms with Crippen molar-refractivity contribution in [3.05, 3.63) is 35.4 Å². The van der Waals surface area contributed by atoms with E-state index in [2.05, 4.69) is 20.5 Å². The van der Waals surface area contributed by atoms with Crippen LogP contribution in [0.5, 0.6) is 0 Å². The molecule has 2 N–H and O–H groups in total. The number of halogens is 3. The second-order valence-electron chi connectivity index (χ2n) is 7.11. The van der Waals surface area contributed by atoms with Crippen molar-refractivity contribution in [3.8, 4) is 0 Å². The van der Waals surface area contributed by atoms with E-state index in [0.29, 0.717) is 6.54 Å². The van der Waals surface area contributed by atoms with Gasteiger partial charge in [-0.2, -0.15) is 13.2 Å². The first-order valence-corrected chi connectivity index (χ1v) is 9.77. The summed E-state index contributed by atoms with van der Waals surface area (Å²) in [5.74, 6) is 0.799. The summed E-state index contributed by atoms with van der Waals surface area (Å²) in [6.07, 6.45) is -0.0638. The maximum Gasteiger partial charge on any atom is 0.416 e. The Balaban J connectivity index is 1.71. The molecule has 0 aromatic heterocycles. The first-order chi connectivity index (χ1) is 13.4. The molecule has 1 unspecified atom stereocenters. The average Bonchev–Trinajstić information content (AvgIpc) is 3.10. The first-order valence-electron chi connectivity index (χ1n) is 9.77. The largest absolute Gasteiger partial charge is 0.416 e. The minimum atomic E-state index is -4.28. The lowest BCUT2D eigenvalue weighted by Crippen LogP contribution is -2.44. The van der Waals surface area contributed by atoms with Crippen LogP contribution in [0.3, 0.4) is 0 Å². The summed E-state index contributed by atoms with van der Waals surface area (Å²) in [4.78, 5) is 6.52. The number of hydrogen-bond donors (Lipinski definition) is 2. The van der Waals surface area contributed by atoms with Gasteiger partial charge >= 0.3 is 6.18 Å². The second kappa shape index (κ2) is 11.3. The number of methoxy groups -OCH3 is 1. The number of alkyl halides is 3.